The molecule has 2 aliphatic heterocycles. The van der Waals surface area contributed by atoms with Crippen LogP contribution >= 0.6 is 11.6 Å². The molecule has 3 aromatic rings. The monoisotopic (exact) mass is 529 g/mol. The van der Waals surface area contributed by atoms with Crippen LogP contribution in [0.4, 0.5) is 17.5 Å². The minimum Gasteiger partial charge on any atom is -0.495 e. The Balaban J connectivity index is 1.29. The second-order valence-corrected chi connectivity index (χ2v) is 10.3. The van der Waals surface area contributed by atoms with Crippen molar-refractivity contribution in [3.63, 3.8) is 0 Å². The number of nitrogens with one attached hydrogen (secondary N) is 3. The number of benzene rings is 1. The summed E-state index contributed by atoms with van der Waals surface area (Å²) in [6, 6.07) is 6.42. The summed E-state index contributed by atoms with van der Waals surface area (Å²) in [5.74, 6) is 1.66. The molecule has 1 atom stereocenters. The molecule has 11 heteroatoms. The van der Waals surface area contributed by atoms with Gasteiger partial charge in [0.1, 0.15) is 23.4 Å². The molecule has 2 fully saturated rings. The fraction of sp³-hybridized carbons (Fsp3) is 0.538. The van der Waals surface area contributed by atoms with Crippen LogP contribution in [0.15, 0.2) is 24.4 Å². The van der Waals surface area contributed by atoms with Crippen LogP contribution in [0.2, 0.25) is 5.02 Å². The number of aromatic amines is 1. The van der Waals surface area contributed by atoms with Gasteiger partial charge in [-0.05, 0) is 44.4 Å². The highest BCUT2D eigenvalue weighted by molar-refractivity contribution is 6.36. The third kappa shape index (κ3) is 5.78. The average Bonchev–Trinajstić information content (AvgIpc) is 3.29. The summed E-state index contributed by atoms with van der Waals surface area (Å²) in [7, 11) is 1.62. The van der Waals surface area contributed by atoms with Crippen molar-refractivity contribution in [3.8, 4) is 5.75 Å². The van der Waals surface area contributed by atoms with Crippen molar-refractivity contribution in [2.75, 3.05) is 57.1 Å². The highest BCUT2D eigenvalue weighted by atomic mass is 35.5. The largest absolute Gasteiger partial charge is 0.495 e. The van der Waals surface area contributed by atoms with Gasteiger partial charge < -0.3 is 30.2 Å². The van der Waals surface area contributed by atoms with Crippen LogP contribution in [0, 0.1) is 0 Å². The van der Waals surface area contributed by atoms with Crippen molar-refractivity contribution in [1.29, 1.82) is 0 Å². The lowest BCUT2D eigenvalue weighted by Gasteiger charge is -2.41. The third-order valence-electron chi connectivity index (χ3n) is 7.09. The molecule has 0 radical (unpaired) electrons. The van der Waals surface area contributed by atoms with E-state index in [1.165, 1.54) is 0 Å². The number of rotatable bonds is 8. The van der Waals surface area contributed by atoms with E-state index in [2.05, 4.69) is 35.4 Å². The smallest absolute Gasteiger partial charge is 0.231 e. The number of aliphatic hydroxyl groups excluding tert-OH is 1. The number of anilines is 3. The van der Waals surface area contributed by atoms with Gasteiger partial charge in [-0.15, -0.1) is 0 Å². The fourth-order valence-electron chi connectivity index (χ4n) is 5.17. The maximum Gasteiger partial charge on any atom is 0.231 e. The van der Waals surface area contributed by atoms with E-state index in [0.717, 1.165) is 63.2 Å². The van der Waals surface area contributed by atoms with E-state index in [4.69, 9.17) is 21.1 Å². The molecule has 37 heavy (non-hydrogen) atoms. The lowest BCUT2D eigenvalue weighted by molar-refractivity contribution is -0.0423. The zero-order chi connectivity index (χ0) is 25.9. The number of methoxy groups -OCH3 is 1. The van der Waals surface area contributed by atoms with Crippen molar-refractivity contribution in [2.45, 2.75) is 45.0 Å². The molecular weight excluding hydrogens is 494 g/mol. The van der Waals surface area contributed by atoms with E-state index in [1.54, 1.807) is 13.3 Å². The molecule has 4 heterocycles. The summed E-state index contributed by atoms with van der Waals surface area (Å²) >= 11 is 6.35. The second-order valence-electron chi connectivity index (χ2n) is 9.93. The van der Waals surface area contributed by atoms with Crippen LogP contribution in [0.5, 0.6) is 5.75 Å². The van der Waals surface area contributed by atoms with Crippen molar-refractivity contribution in [3.05, 3.63) is 35.0 Å². The SMILES string of the molecule is COc1cc([C@H](O)N2CCC(N3CCOCC3)CC2)ccc1Nc1nc(NC(C)C)c2c(Cl)c[nH]c2n1. The van der Waals surface area contributed by atoms with Gasteiger partial charge in [-0.3, -0.25) is 9.80 Å². The van der Waals surface area contributed by atoms with Crippen LogP contribution in [0.3, 0.4) is 0 Å². The Morgan fingerprint density at radius 2 is 1.92 bits per heavy atom. The number of aromatic nitrogens is 3. The molecule has 5 rings (SSSR count). The molecule has 0 saturated carbocycles. The van der Waals surface area contributed by atoms with Gasteiger partial charge in [0.05, 0.1) is 36.4 Å². The molecule has 200 valence electrons. The third-order valence-corrected chi connectivity index (χ3v) is 7.38. The number of ether oxygens (including phenoxy) is 2. The number of fused-ring (bicyclic) bond motifs is 1. The van der Waals surface area contributed by atoms with E-state index in [1.807, 2.05) is 32.0 Å². The molecule has 0 spiro atoms. The first-order chi connectivity index (χ1) is 17.9. The number of morpholine rings is 1. The topological polar surface area (TPSA) is 111 Å². The van der Waals surface area contributed by atoms with Gasteiger partial charge in [0.25, 0.3) is 0 Å². The molecule has 0 amide bonds. The standard InChI is InChI=1S/C26H36ClN7O3/c1-16(2)29-24-22-19(27)15-28-23(22)31-26(32-24)30-20-5-4-17(14-21(20)36-3)25(35)34-8-6-18(7-9-34)33-10-12-37-13-11-33/h4-5,14-16,18,25,35H,6-13H2,1-3H3,(H3,28,29,30,31,32)/t25-/m0/s1. The molecule has 0 bridgehead atoms. The van der Waals surface area contributed by atoms with Crippen LogP contribution in [-0.4, -0.2) is 88.4 Å². The van der Waals surface area contributed by atoms with Crippen LogP contribution in [0.1, 0.15) is 38.5 Å². The highest BCUT2D eigenvalue weighted by Crippen LogP contribution is 2.34. The van der Waals surface area contributed by atoms with Gasteiger partial charge in [-0.25, -0.2) is 0 Å². The van der Waals surface area contributed by atoms with E-state index in [-0.39, 0.29) is 6.04 Å². The van der Waals surface area contributed by atoms with Gasteiger partial charge in [0, 0.05) is 44.5 Å². The van der Waals surface area contributed by atoms with E-state index in [9.17, 15) is 5.11 Å². The summed E-state index contributed by atoms with van der Waals surface area (Å²) in [4.78, 5) is 17.0. The predicted octanol–water partition coefficient (Wildman–Crippen LogP) is 3.97. The van der Waals surface area contributed by atoms with Crippen LogP contribution < -0.4 is 15.4 Å². The van der Waals surface area contributed by atoms with Crippen molar-refractivity contribution in [2.24, 2.45) is 0 Å². The Labute approximate surface area is 222 Å². The first kappa shape index (κ1) is 26.0. The lowest BCUT2D eigenvalue weighted by Crippen LogP contribution is -2.49. The van der Waals surface area contributed by atoms with Crippen molar-refractivity contribution >= 4 is 40.1 Å². The fourth-order valence-corrected chi connectivity index (χ4v) is 5.40. The number of aliphatic hydroxyl groups is 1. The number of hydrogen-bond donors (Lipinski definition) is 4. The maximum absolute atomic E-state index is 11.2. The minimum absolute atomic E-state index is 0.172. The summed E-state index contributed by atoms with van der Waals surface area (Å²) < 4.78 is 11.2. The Hall–Kier alpha value is -2.63. The first-order valence-electron chi connectivity index (χ1n) is 12.9. The number of hydrogen-bond acceptors (Lipinski definition) is 9. The number of halogens is 1. The molecule has 0 aliphatic carbocycles. The molecule has 1 aromatic carbocycles. The zero-order valence-corrected chi connectivity index (χ0v) is 22.4. The summed E-state index contributed by atoms with van der Waals surface area (Å²) in [6.07, 6.45) is 3.10. The number of nitrogens with zero attached hydrogens (tertiary/aromatic N) is 4. The summed E-state index contributed by atoms with van der Waals surface area (Å²) in [5, 5.41) is 19.1. The average molecular weight is 530 g/mol. The lowest BCUT2D eigenvalue weighted by atomic mass is 10.0. The van der Waals surface area contributed by atoms with Gasteiger partial charge >= 0.3 is 0 Å². The molecule has 0 unspecified atom stereocenters. The maximum atomic E-state index is 11.2. The number of H-pyrrole nitrogens is 1. The van der Waals surface area contributed by atoms with Crippen LogP contribution in [0.25, 0.3) is 11.0 Å². The van der Waals surface area contributed by atoms with Crippen LogP contribution in [-0.2, 0) is 4.74 Å². The van der Waals surface area contributed by atoms with E-state index >= 15 is 0 Å². The number of likely N-dealkylation sites (tertiary alicyclic amines) is 1. The Morgan fingerprint density at radius 1 is 1.16 bits per heavy atom. The van der Waals surface area contributed by atoms with E-state index in [0.29, 0.717) is 39.9 Å². The minimum atomic E-state index is -0.691. The Kier molecular flexibility index (Phi) is 8.01. The summed E-state index contributed by atoms with van der Waals surface area (Å²) in [6.45, 7) is 9.42. The van der Waals surface area contributed by atoms with Crippen molar-refractivity contribution < 1.29 is 14.6 Å². The van der Waals surface area contributed by atoms with Gasteiger partial charge in [0.2, 0.25) is 5.95 Å². The quantitative estimate of drug-likeness (QED) is 0.344. The predicted molar refractivity (Wildman–Crippen MR) is 146 cm³/mol. The van der Waals surface area contributed by atoms with Gasteiger partial charge in [-0.2, -0.15) is 9.97 Å². The molecule has 2 saturated heterocycles. The van der Waals surface area contributed by atoms with Crippen molar-refractivity contribution in [1.82, 2.24) is 24.8 Å². The van der Waals surface area contributed by atoms with Gasteiger partial charge in [0.15, 0.2) is 0 Å². The molecule has 4 N–H and O–H groups in total. The molecular formula is C26H36ClN7O3. The normalized spacial score (nSPS) is 18.9. The molecule has 2 aliphatic rings. The Bertz CT molecular complexity index is 1210. The number of piperidine rings is 1. The Morgan fingerprint density at radius 3 is 2.62 bits per heavy atom. The zero-order valence-electron chi connectivity index (χ0n) is 21.6. The summed E-state index contributed by atoms with van der Waals surface area (Å²) in [5.41, 5.74) is 2.14. The van der Waals surface area contributed by atoms with Gasteiger partial charge in [-0.1, -0.05) is 17.7 Å². The highest BCUT2D eigenvalue weighted by Gasteiger charge is 2.29. The van der Waals surface area contributed by atoms with E-state index < -0.39 is 6.23 Å². The second kappa shape index (κ2) is 11.4. The first-order valence-corrected chi connectivity index (χ1v) is 13.3. The molecule has 10 nitrogen and oxygen atoms in total. The molecule has 2 aromatic heterocycles.